The van der Waals surface area contributed by atoms with Crippen LogP contribution in [0.4, 0.5) is 10.1 Å². The lowest BCUT2D eigenvalue weighted by Gasteiger charge is -2.39. The van der Waals surface area contributed by atoms with Crippen LogP contribution in [0.25, 0.3) is 11.3 Å². The summed E-state index contributed by atoms with van der Waals surface area (Å²) in [6, 6.07) is 9.12. The SMILES string of the molecule is C[C@@H]1CN(c2cc(F)c3c(c2)[C@]2(COC(N)=N2)c2cc(-c4cnccn4)ccc2O3)C[C@H](C)O1. The molecule has 2 aromatic carbocycles. The number of ether oxygens (including phenoxy) is 3. The summed E-state index contributed by atoms with van der Waals surface area (Å²) in [5, 5.41) is 0. The molecule has 3 aliphatic heterocycles. The Labute approximate surface area is 196 Å². The molecule has 3 atom stereocenters. The number of nitrogens with two attached hydrogens (primary N) is 1. The second-order valence-corrected chi connectivity index (χ2v) is 8.97. The number of aromatic nitrogens is 2. The molecular weight excluding hydrogens is 437 g/mol. The van der Waals surface area contributed by atoms with Crippen LogP contribution in [-0.2, 0) is 15.0 Å². The van der Waals surface area contributed by atoms with Crippen LogP contribution in [0.15, 0.2) is 53.9 Å². The van der Waals surface area contributed by atoms with E-state index >= 15 is 4.39 Å². The van der Waals surface area contributed by atoms with Crippen molar-refractivity contribution in [1.29, 1.82) is 0 Å². The van der Waals surface area contributed by atoms with Crippen molar-refractivity contribution in [3.63, 3.8) is 0 Å². The minimum Gasteiger partial charge on any atom is -0.462 e. The van der Waals surface area contributed by atoms with Crippen molar-refractivity contribution in [3.8, 4) is 22.8 Å². The van der Waals surface area contributed by atoms with Crippen LogP contribution in [0.1, 0.15) is 25.0 Å². The highest BCUT2D eigenvalue weighted by Crippen LogP contribution is 2.53. The van der Waals surface area contributed by atoms with Crippen LogP contribution >= 0.6 is 0 Å². The first-order valence-corrected chi connectivity index (χ1v) is 11.2. The molecule has 3 aliphatic rings. The third-order valence-electron chi connectivity index (χ3n) is 6.48. The number of nitrogens with zero attached hydrogens (tertiary/aromatic N) is 4. The number of morpholine rings is 1. The summed E-state index contributed by atoms with van der Waals surface area (Å²) in [6.07, 6.45) is 5.01. The summed E-state index contributed by atoms with van der Waals surface area (Å²) < 4.78 is 33.1. The van der Waals surface area contributed by atoms with Crippen LogP contribution in [0, 0.1) is 5.82 Å². The van der Waals surface area contributed by atoms with Crippen LogP contribution in [0.2, 0.25) is 0 Å². The lowest BCUT2D eigenvalue weighted by molar-refractivity contribution is -0.00524. The fourth-order valence-corrected chi connectivity index (χ4v) is 5.07. The van der Waals surface area contributed by atoms with Gasteiger partial charge in [-0.3, -0.25) is 9.97 Å². The molecule has 3 aromatic rings. The number of benzene rings is 2. The number of fused-ring (bicyclic) bond motifs is 4. The smallest absolute Gasteiger partial charge is 0.283 e. The van der Waals surface area contributed by atoms with Crippen molar-refractivity contribution in [2.45, 2.75) is 31.6 Å². The number of amidine groups is 1. The molecule has 34 heavy (non-hydrogen) atoms. The van der Waals surface area contributed by atoms with Gasteiger partial charge in [-0.15, -0.1) is 0 Å². The molecule has 1 aromatic heterocycles. The van der Waals surface area contributed by atoms with E-state index in [1.54, 1.807) is 24.7 Å². The lowest BCUT2D eigenvalue weighted by Crippen LogP contribution is -2.45. The first-order valence-electron chi connectivity index (χ1n) is 11.2. The summed E-state index contributed by atoms with van der Waals surface area (Å²) in [4.78, 5) is 15.4. The Morgan fingerprint density at radius 1 is 1.09 bits per heavy atom. The lowest BCUT2D eigenvalue weighted by atomic mass is 9.80. The number of aliphatic imine (C=N–C) groups is 1. The van der Waals surface area contributed by atoms with E-state index in [0.29, 0.717) is 30.1 Å². The molecule has 0 saturated carbocycles. The maximum absolute atomic E-state index is 15.5. The van der Waals surface area contributed by atoms with Gasteiger partial charge in [0.25, 0.3) is 6.02 Å². The van der Waals surface area contributed by atoms with E-state index in [4.69, 9.17) is 24.9 Å². The maximum Gasteiger partial charge on any atom is 0.283 e. The summed E-state index contributed by atoms with van der Waals surface area (Å²) in [5.41, 5.74) is 8.58. The highest BCUT2D eigenvalue weighted by Gasteiger charge is 2.48. The Balaban J connectivity index is 1.52. The van der Waals surface area contributed by atoms with Crippen molar-refractivity contribution < 1.29 is 18.6 Å². The van der Waals surface area contributed by atoms with E-state index in [-0.39, 0.29) is 30.6 Å². The van der Waals surface area contributed by atoms with Crippen LogP contribution in [0.5, 0.6) is 11.5 Å². The van der Waals surface area contributed by atoms with Gasteiger partial charge in [-0.1, -0.05) is 0 Å². The largest absolute Gasteiger partial charge is 0.462 e. The monoisotopic (exact) mass is 461 g/mol. The van der Waals surface area contributed by atoms with E-state index in [1.807, 2.05) is 32.0 Å². The van der Waals surface area contributed by atoms with E-state index in [0.717, 1.165) is 16.8 Å². The quantitative estimate of drug-likeness (QED) is 0.623. The topological polar surface area (TPSA) is 95.1 Å². The predicted octanol–water partition coefficient (Wildman–Crippen LogP) is 3.59. The van der Waals surface area contributed by atoms with Gasteiger partial charge in [0.2, 0.25) is 0 Å². The second-order valence-electron chi connectivity index (χ2n) is 8.97. The molecule has 1 fully saturated rings. The second kappa shape index (κ2) is 7.66. The van der Waals surface area contributed by atoms with Crippen molar-refractivity contribution >= 4 is 11.7 Å². The normalized spacial score (nSPS) is 25.3. The maximum atomic E-state index is 15.5. The summed E-state index contributed by atoms with van der Waals surface area (Å²) in [6.45, 7) is 5.49. The molecule has 2 N–H and O–H groups in total. The Morgan fingerprint density at radius 2 is 1.91 bits per heavy atom. The number of rotatable bonds is 2. The van der Waals surface area contributed by atoms with Crippen molar-refractivity contribution in [1.82, 2.24) is 9.97 Å². The molecule has 0 bridgehead atoms. The molecule has 0 radical (unpaired) electrons. The third kappa shape index (κ3) is 3.27. The Morgan fingerprint density at radius 3 is 2.62 bits per heavy atom. The molecule has 0 aliphatic carbocycles. The summed E-state index contributed by atoms with van der Waals surface area (Å²) >= 11 is 0. The molecule has 9 heteroatoms. The minimum atomic E-state index is -1.04. The first-order chi connectivity index (χ1) is 16.4. The van der Waals surface area contributed by atoms with Gasteiger partial charge in [-0.05, 0) is 38.1 Å². The molecule has 4 heterocycles. The molecular formula is C25H24FN5O3. The summed E-state index contributed by atoms with van der Waals surface area (Å²) in [7, 11) is 0. The number of hydrogen-bond donors (Lipinski definition) is 1. The minimum absolute atomic E-state index is 0.0341. The Hall–Kier alpha value is -3.72. The van der Waals surface area contributed by atoms with Crippen LogP contribution in [0.3, 0.4) is 0 Å². The predicted molar refractivity (Wildman–Crippen MR) is 125 cm³/mol. The fraction of sp³-hybridized carbons (Fsp3) is 0.320. The average molecular weight is 461 g/mol. The van der Waals surface area contributed by atoms with Crippen molar-refractivity contribution in [3.05, 3.63) is 65.9 Å². The van der Waals surface area contributed by atoms with Crippen LogP contribution < -0.4 is 15.4 Å². The van der Waals surface area contributed by atoms with Gasteiger partial charge < -0.3 is 24.8 Å². The van der Waals surface area contributed by atoms with Gasteiger partial charge in [0.1, 0.15) is 12.4 Å². The Bertz CT molecular complexity index is 1290. The van der Waals surface area contributed by atoms with Crippen molar-refractivity contribution in [2.24, 2.45) is 10.7 Å². The summed E-state index contributed by atoms with van der Waals surface area (Å²) in [5.74, 6) is 0.186. The van der Waals surface area contributed by atoms with Gasteiger partial charge in [0.05, 0.1) is 24.1 Å². The fourth-order valence-electron chi connectivity index (χ4n) is 5.07. The number of hydrogen-bond acceptors (Lipinski definition) is 8. The zero-order valence-electron chi connectivity index (χ0n) is 18.9. The molecule has 174 valence electrons. The van der Waals surface area contributed by atoms with Gasteiger partial charge in [0.15, 0.2) is 17.1 Å². The molecule has 0 unspecified atom stereocenters. The highest BCUT2D eigenvalue weighted by atomic mass is 19.1. The Kier molecular flexibility index (Phi) is 4.70. The van der Waals surface area contributed by atoms with E-state index in [1.165, 1.54) is 6.07 Å². The zero-order chi connectivity index (χ0) is 23.4. The third-order valence-corrected chi connectivity index (χ3v) is 6.48. The first kappa shape index (κ1) is 20.9. The van der Waals surface area contributed by atoms with Gasteiger partial charge in [-0.25, -0.2) is 9.38 Å². The van der Waals surface area contributed by atoms with Crippen LogP contribution in [-0.4, -0.2) is 47.9 Å². The number of anilines is 1. The van der Waals surface area contributed by atoms with E-state index in [2.05, 4.69) is 14.9 Å². The van der Waals surface area contributed by atoms with Gasteiger partial charge in [-0.2, -0.15) is 0 Å². The number of halogens is 1. The standard InChI is InChI=1S/C25H24FN5O3/c1-14-11-31(12-15(2)33-14)17-8-19-23(20(26)9-17)34-22-4-3-16(21-10-28-5-6-29-21)7-18(22)25(19)13-32-24(27)30-25/h3-10,14-15H,11-13H2,1-2H3,(H2,27,30)/t14-,15+,25-/m0/s1. The van der Waals surface area contributed by atoms with Gasteiger partial charge >= 0.3 is 0 Å². The molecule has 1 saturated heterocycles. The highest BCUT2D eigenvalue weighted by molar-refractivity contribution is 5.78. The molecule has 0 amide bonds. The zero-order valence-corrected chi connectivity index (χ0v) is 18.9. The molecule has 8 nitrogen and oxygen atoms in total. The van der Waals surface area contributed by atoms with E-state index < -0.39 is 11.4 Å². The van der Waals surface area contributed by atoms with Gasteiger partial charge in [0, 0.05) is 53.9 Å². The van der Waals surface area contributed by atoms with E-state index in [9.17, 15) is 0 Å². The molecule has 6 rings (SSSR count). The van der Waals surface area contributed by atoms with Crippen molar-refractivity contribution in [2.75, 3.05) is 24.6 Å². The molecule has 1 spiro atoms. The average Bonchev–Trinajstić information content (AvgIpc) is 3.22.